The van der Waals surface area contributed by atoms with Crippen LogP contribution in [0, 0.1) is 0 Å². The number of carbonyl (C=O) groups excluding carboxylic acids is 1. The summed E-state index contributed by atoms with van der Waals surface area (Å²) < 4.78 is 4.77. The quantitative estimate of drug-likeness (QED) is 0.844. The van der Waals surface area contributed by atoms with Crippen molar-refractivity contribution in [1.82, 2.24) is 9.88 Å². The van der Waals surface area contributed by atoms with E-state index in [1.165, 1.54) is 20.0 Å². The molecule has 0 amide bonds. The molecule has 1 atom stereocenters. The second-order valence-corrected chi connectivity index (χ2v) is 6.88. The minimum Gasteiger partial charge on any atom is -0.465 e. The van der Waals surface area contributed by atoms with Gasteiger partial charge in [-0.2, -0.15) is 0 Å². The molecule has 0 spiro atoms. The molecule has 0 aliphatic carbocycles. The van der Waals surface area contributed by atoms with Crippen molar-refractivity contribution in [2.45, 2.75) is 31.8 Å². The number of rotatable bonds is 5. The molecular weight excluding hydrogens is 324 g/mol. The van der Waals surface area contributed by atoms with Gasteiger partial charge in [0, 0.05) is 23.5 Å². The summed E-state index contributed by atoms with van der Waals surface area (Å²) in [6.07, 6.45) is 3.41. The van der Waals surface area contributed by atoms with Crippen molar-refractivity contribution in [2.24, 2.45) is 0 Å². The first-order valence-corrected chi connectivity index (χ1v) is 9.07. The molecule has 0 radical (unpaired) electrons. The average Bonchev–Trinajstić information content (AvgIpc) is 3.10. The highest BCUT2D eigenvalue weighted by Crippen LogP contribution is 2.26. The average molecular weight is 346 g/mol. The van der Waals surface area contributed by atoms with Crippen molar-refractivity contribution in [3.8, 4) is 10.6 Å². The molecule has 1 aliphatic rings. The SMILES string of the molecule is COC(=O)c1cccc(-c2nc(CN3CCCC[C@H]3CO)cs2)c1. The van der Waals surface area contributed by atoms with Gasteiger partial charge in [0.15, 0.2) is 0 Å². The summed E-state index contributed by atoms with van der Waals surface area (Å²) in [6, 6.07) is 7.59. The predicted octanol–water partition coefficient (Wildman–Crippen LogP) is 2.94. The number of aromatic nitrogens is 1. The Morgan fingerprint density at radius 2 is 2.33 bits per heavy atom. The van der Waals surface area contributed by atoms with E-state index in [1.807, 2.05) is 18.2 Å². The van der Waals surface area contributed by atoms with Crippen LogP contribution < -0.4 is 0 Å². The van der Waals surface area contributed by atoms with E-state index in [-0.39, 0.29) is 18.6 Å². The number of methoxy groups -OCH3 is 1. The normalized spacial score (nSPS) is 18.5. The lowest BCUT2D eigenvalue weighted by atomic mass is 10.0. The van der Waals surface area contributed by atoms with E-state index >= 15 is 0 Å². The third-order valence-corrected chi connectivity index (χ3v) is 5.35. The van der Waals surface area contributed by atoms with Crippen molar-refractivity contribution in [1.29, 1.82) is 0 Å². The third-order valence-electron chi connectivity index (χ3n) is 4.41. The van der Waals surface area contributed by atoms with E-state index < -0.39 is 0 Å². The Balaban J connectivity index is 1.74. The lowest BCUT2D eigenvalue weighted by molar-refractivity contribution is 0.0601. The third kappa shape index (κ3) is 3.83. The molecule has 1 saturated heterocycles. The number of benzene rings is 1. The minimum atomic E-state index is -0.340. The van der Waals surface area contributed by atoms with Crippen LogP contribution in [0.3, 0.4) is 0 Å². The van der Waals surface area contributed by atoms with Crippen LogP contribution in [0.4, 0.5) is 0 Å². The molecule has 128 valence electrons. The number of piperidine rings is 1. The Hall–Kier alpha value is -1.76. The smallest absolute Gasteiger partial charge is 0.337 e. The van der Waals surface area contributed by atoms with Gasteiger partial charge in [-0.25, -0.2) is 9.78 Å². The molecule has 0 bridgehead atoms. The van der Waals surface area contributed by atoms with Gasteiger partial charge in [0.2, 0.25) is 0 Å². The second kappa shape index (κ2) is 7.88. The molecule has 2 aromatic rings. The Morgan fingerprint density at radius 3 is 3.12 bits per heavy atom. The lowest BCUT2D eigenvalue weighted by Crippen LogP contribution is -2.41. The number of hydrogen-bond donors (Lipinski definition) is 1. The van der Waals surface area contributed by atoms with Crippen molar-refractivity contribution < 1.29 is 14.6 Å². The number of esters is 1. The zero-order valence-corrected chi connectivity index (χ0v) is 14.6. The number of aliphatic hydroxyl groups is 1. The minimum absolute atomic E-state index is 0.207. The first-order chi connectivity index (χ1) is 11.7. The molecule has 2 heterocycles. The van der Waals surface area contributed by atoms with Crippen molar-refractivity contribution in [3.05, 3.63) is 40.9 Å². The fraction of sp³-hybridized carbons (Fsp3) is 0.444. The van der Waals surface area contributed by atoms with Crippen LogP contribution in [-0.4, -0.2) is 47.3 Å². The highest BCUT2D eigenvalue weighted by atomic mass is 32.1. The van der Waals surface area contributed by atoms with E-state index in [0.29, 0.717) is 5.56 Å². The van der Waals surface area contributed by atoms with Crippen LogP contribution in [0.1, 0.15) is 35.3 Å². The van der Waals surface area contributed by atoms with Gasteiger partial charge < -0.3 is 9.84 Å². The molecule has 1 fully saturated rings. The molecule has 6 heteroatoms. The second-order valence-electron chi connectivity index (χ2n) is 6.02. The van der Waals surface area contributed by atoms with Crippen molar-refractivity contribution in [2.75, 3.05) is 20.3 Å². The van der Waals surface area contributed by atoms with Gasteiger partial charge in [0.1, 0.15) is 5.01 Å². The Kier molecular flexibility index (Phi) is 5.60. The molecule has 1 aliphatic heterocycles. The number of ether oxygens (including phenoxy) is 1. The molecule has 1 aromatic carbocycles. The van der Waals surface area contributed by atoms with E-state index in [0.717, 1.165) is 35.8 Å². The van der Waals surface area contributed by atoms with Crippen molar-refractivity contribution in [3.63, 3.8) is 0 Å². The van der Waals surface area contributed by atoms with Gasteiger partial charge in [0.05, 0.1) is 25.0 Å². The predicted molar refractivity (Wildman–Crippen MR) is 94.0 cm³/mol. The summed E-state index contributed by atoms with van der Waals surface area (Å²) in [5.74, 6) is -0.340. The molecule has 5 nitrogen and oxygen atoms in total. The Labute approximate surface area is 145 Å². The monoisotopic (exact) mass is 346 g/mol. The highest BCUT2D eigenvalue weighted by Gasteiger charge is 2.22. The molecule has 1 aromatic heterocycles. The molecule has 0 unspecified atom stereocenters. The van der Waals surface area contributed by atoms with Crippen LogP contribution in [0.2, 0.25) is 0 Å². The zero-order valence-electron chi connectivity index (χ0n) is 13.8. The van der Waals surface area contributed by atoms with E-state index in [2.05, 4.69) is 10.3 Å². The summed E-state index contributed by atoms with van der Waals surface area (Å²) in [5, 5.41) is 12.5. The number of thiazole rings is 1. The maximum atomic E-state index is 11.7. The maximum absolute atomic E-state index is 11.7. The summed E-state index contributed by atoms with van der Waals surface area (Å²) in [4.78, 5) is 18.7. The topological polar surface area (TPSA) is 62.7 Å². The molecule has 3 rings (SSSR count). The lowest BCUT2D eigenvalue weighted by Gasteiger charge is -2.33. The van der Waals surface area contributed by atoms with Gasteiger partial charge in [-0.3, -0.25) is 4.90 Å². The van der Waals surface area contributed by atoms with Crippen molar-refractivity contribution >= 4 is 17.3 Å². The molecular formula is C18H22N2O3S. The number of hydrogen-bond acceptors (Lipinski definition) is 6. The van der Waals surface area contributed by atoms with Crippen LogP contribution in [0.25, 0.3) is 10.6 Å². The largest absolute Gasteiger partial charge is 0.465 e. The summed E-state index contributed by atoms with van der Waals surface area (Å²) >= 11 is 1.58. The number of nitrogens with zero attached hydrogens (tertiary/aromatic N) is 2. The van der Waals surface area contributed by atoms with E-state index in [9.17, 15) is 9.90 Å². The molecule has 1 N–H and O–H groups in total. The zero-order chi connectivity index (χ0) is 16.9. The van der Waals surface area contributed by atoms with E-state index in [4.69, 9.17) is 9.72 Å². The van der Waals surface area contributed by atoms with Gasteiger partial charge in [-0.1, -0.05) is 18.6 Å². The summed E-state index contributed by atoms with van der Waals surface area (Å²) in [5.41, 5.74) is 2.47. The first kappa shape index (κ1) is 17.1. The summed E-state index contributed by atoms with van der Waals surface area (Å²) in [6.45, 7) is 1.98. The van der Waals surface area contributed by atoms with Crippen LogP contribution in [0.5, 0.6) is 0 Å². The number of aliphatic hydroxyl groups excluding tert-OH is 1. The molecule has 0 saturated carbocycles. The van der Waals surface area contributed by atoms with Crippen LogP contribution in [0.15, 0.2) is 29.6 Å². The van der Waals surface area contributed by atoms with E-state index in [1.54, 1.807) is 17.4 Å². The Bertz CT molecular complexity index is 701. The summed E-state index contributed by atoms with van der Waals surface area (Å²) in [7, 11) is 1.38. The van der Waals surface area contributed by atoms with Crippen LogP contribution in [-0.2, 0) is 11.3 Å². The van der Waals surface area contributed by atoms with Gasteiger partial charge in [-0.05, 0) is 31.5 Å². The fourth-order valence-electron chi connectivity index (χ4n) is 3.09. The molecule has 24 heavy (non-hydrogen) atoms. The number of carbonyl (C=O) groups is 1. The van der Waals surface area contributed by atoms with Gasteiger partial charge in [-0.15, -0.1) is 11.3 Å². The Morgan fingerprint density at radius 1 is 1.46 bits per heavy atom. The van der Waals surface area contributed by atoms with Crippen LogP contribution >= 0.6 is 11.3 Å². The highest BCUT2D eigenvalue weighted by molar-refractivity contribution is 7.13. The maximum Gasteiger partial charge on any atom is 0.337 e. The fourth-order valence-corrected chi connectivity index (χ4v) is 3.90. The van der Waals surface area contributed by atoms with Gasteiger partial charge in [0.25, 0.3) is 0 Å². The standard InChI is InChI=1S/C18H22N2O3S/c1-23-18(22)14-6-4-5-13(9-14)17-19-15(12-24-17)10-20-8-3-2-7-16(20)11-21/h4-6,9,12,16,21H,2-3,7-8,10-11H2,1H3/t16-/m0/s1. The first-order valence-electron chi connectivity index (χ1n) is 8.19. The number of likely N-dealkylation sites (tertiary alicyclic amines) is 1. The van der Waals surface area contributed by atoms with Gasteiger partial charge >= 0.3 is 5.97 Å².